The molecule has 0 aliphatic rings. The standard InChI is InChI=1S/C21H27N3O3/c1-15(2)18-9-4-5-10-19(18)24-20(25)14-23-17-8-6-7-16(13-17)21(26)22-11-12-27-3/h4-10,13,15,23H,11-12,14H2,1-3H3,(H,22,26)(H,24,25). The third-order valence-corrected chi connectivity index (χ3v) is 4.03. The Kier molecular flexibility index (Phi) is 7.82. The molecule has 0 aromatic heterocycles. The second-order valence-corrected chi connectivity index (χ2v) is 6.47. The molecule has 0 aliphatic carbocycles. The van der Waals surface area contributed by atoms with Gasteiger partial charge in [-0.25, -0.2) is 0 Å². The molecule has 0 spiro atoms. The zero-order chi connectivity index (χ0) is 19.6. The predicted molar refractivity (Wildman–Crippen MR) is 108 cm³/mol. The molecule has 0 aliphatic heterocycles. The fourth-order valence-electron chi connectivity index (χ4n) is 2.63. The first kappa shape index (κ1) is 20.5. The van der Waals surface area contributed by atoms with Crippen LogP contribution in [0.3, 0.4) is 0 Å². The maximum Gasteiger partial charge on any atom is 0.251 e. The van der Waals surface area contributed by atoms with Crippen LogP contribution >= 0.6 is 0 Å². The maximum atomic E-state index is 12.3. The summed E-state index contributed by atoms with van der Waals surface area (Å²) in [6.07, 6.45) is 0. The summed E-state index contributed by atoms with van der Waals surface area (Å²) < 4.78 is 4.92. The lowest BCUT2D eigenvalue weighted by Crippen LogP contribution is -2.27. The van der Waals surface area contributed by atoms with Crippen molar-refractivity contribution in [3.63, 3.8) is 0 Å². The molecule has 0 saturated heterocycles. The smallest absolute Gasteiger partial charge is 0.251 e. The monoisotopic (exact) mass is 369 g/mol. The van der Waals surface area contributed by atoms with E-state index in [1.165, 1.54) is 0 Å². The summed E-state index contributed by atoms with van der Waals surface area (Å²) in [5, 5.41) is 8.77. The maximum absolute atomic E-state index is 12.3. The lowest BCUT2D eigenvalue weighted by molar-refractivity contribution is -0.114. The number of nitrogens with one attached hydrogen (secondary N) is 3. The first-order valence-electron chi connectivity index (χ1n) is 9.01. The molecule has 0 fully saturated rings. The molecule has 0 unspecified atom stereocenters. The Hall–Kier alpha value is -2.86. The molecule has 6 heteroatoms. The van der Waals surface area contributed by atoms with Crippen LogP contribution in [0.25, 0.3) is 0 Å². The van der Waals surface area contributed by atoms with E-state index < -0.39 is 0 Å². The highest BCUT2D eigenvalue weighted by Crippen LogP contribution is 2.23. The van der Waals surface area contributed by atoms with Gasteiger partial charge in [-0.3, -0.25) is 9.59 Å². The van der Waals surface area contributed by atoms with Crippen molar-refractivity contribution in [1.29, 1.82) is 0 Å². The fraction of sp³-hybridized carbons (Fsp3) is 0.333. The van der Waals surface area contributed by atoms with Crippen molar-refractivity contribution in [3.05, 3.63) is 59.7 Å². The van der Waals surface area contributed by atoms with Gasteiger partial charge in [-0.15, -0.1) is 0 Å². The van der Waals surface area contributed by atoms with Gasteiger partial charge < -0.3 is 20.7 Å². The highest BCUT2D eigenvalue weighted by Gasteiger charge is 2.10. The minimum absolute atomic E-state index is 0.112. The molecule has 2 amide bonds. The molecule has 3 N–H and O–H groups in total. The van der Waals surface area contributed by atoms with Gasteiger partial charge in [0, 0.05) is 30.6 Å². The zero-order valence-electron chi connectivity index (χ0n) is 16.0. The third-order valence-electron chi connectivity index (χ3n) is 4.03. The molecule has 0 atom stereocenters. The summed E-state index contributed by atoms with van der Waals surface area (Å²) >= 11 is 0. The number of rotatable bonds is 9. The normalized spacial score (nSPS) is 10.5. The van der Waals surface area contributed by atoms with Gasteiger partial charge in [0.15, 0.2) is 0 Å². The highest BCUT2D eigenvalue weighted by atomic mass is 16.5. The molecule has 2 aromatic carbocycles. The lowest BCUT2D eigenvalue weighted by Gasteiger charge is -2.14. The van der Waals surface area contributed by atoms with Crippen molar-refractivity contribution in [2.45, 2.75) is 19.8 Å². The van der Waals surface area contributed by atoms with Gasteiger partial charge >= 0.3 is 0 Å². The topological polar surface area (TPSA) is 79.5 Å². The van der Waals surface area contributed by atoms with E-state index in [0.717, 1.165) is 11.3 Å². The number of para-hydroxylation sites is 1. The van der Waals surface area contributed by atoms with Gasteiger partial charge in [-0.1, -0.05) is 38.1 Å². The van der Waals surface area contributed by atoms with Gasteiger partial charge in [0.25, 0.3) is 5.91 Å². The average Bonchev–Trinajstić information content (AvgIpc) is 2.67. The summed E-state index contributed by atoms with van der Waals surface area (Å²) in [5.74, 6) is 0.00632. The number of hydrogen-bond donors (Lipinski definition) is 3. The molecule has 0 bridgehead atoms. The Labute approximate surface area is 160 Å². The molecular weight excluding hydrogens is 342 g/mol. The van der Waals surface area contributed by atoms with Crippen LogP contribution in [0.15, 0.2) is 48.5 Å². The SMILES string of the molecule is COCCNC(=O)c1cccc(NCC(=O)Nc2ccccc2C(C)C)c1. The molecule has 27 heavy (non-hydrogen) atoms. The van der Waals surface area contributed by atoms with Crippen LogP contribution in [0.2, 0.25) is 0 Å². The van der Waals surface area contributed by atoms with E-state index >= 15 is 0 Å². The number of methoxy groups -OCH3 is 1. The molecule has 2 aromatic rings. The van der Waals surface area contributed by atoms with E-state index in [1.807, 2.05) is 30.3 Å². The van der Waals surface area contributed by atoms with Crippen molar-refractivity contribution in [1.82, 2.24) is 5.32 Å². The van der Waals surface area contributed by atoms with Crippen LogP contribution in [-0.2, 0) is 9.53 Å². The van der Waals surface area contributed by atoms with E-state index in [2.05, 4.69) is 29.8 Å². The first-order valence-corrected chi connectivity index (χ1v) is 9.01. The minimum atomic E-state index is -0.175. The largest absolute Gasteiger partial charge is 0.383 e. The van der Waals surface area contributed by atoms with Crippen LogP contribution in [0.4, 0.5) is 11.4 Å². The molecule has 0 saturated carbocycles. The second kappa shape index (κ2) is 10.3. The molecule has 0 radical (unpaired) electrons. The number of carbonyl (C=O) groups is 2. The molecule has 2 rings (SSSR count). The number of anilines is 2. The summed E-state index contributed by atoms with van der Waals surface area (Å²) in [4.78, 5) is 24.4. The zero-order valence-corrected chi connectivity index (χ0v) is 16.0. The van der Waals surface area contributed by atoms with E-state index in [-0.39, 0.29) is 18.4 Å². The molecule has 0 heterocycles. The van der Waals surface area contributed by atoms with E-state index in [0.29, 0.717) is 30.3 Å². The Balaban J connectivity index is 1.92. The van der Waals surface area contributed by atoms with Gasteiger partial charge in [0.1, 0.15) is 0 Å². The number of carbonyl (C=O) groups excluding carboxylic acids is 2. The highest BCUT2D eigenvalue weighted by molar-refractivity contribution is 5.96. The van der Waals surface area contributed by atoms with E-state index in [1.54, 1.807) is 25.3 Å². The Bertz CT molecular complexity index is 775. The summed E-state index contributed by atoms with van der Waals surface area (Å²) in [7, 11) is 1.58. The van der Waals surface area contributed by atoms with Crippen molar-refractivity contribution < 1.29 is 14.3 Å². The Morgan fingerprint density at radius 1 is 1.07 bits per heavy atom. The van der Waals surface area contributed by atoms with Crippen molar-refractivity contribution >= 4 is 23.2 Å². The third kappa shape index (κ3) is 6.42. The second-order valence-electron chi connectivity index (χ2n) is 6.47. The van der Waals surface area contributed by atoms with Gasteiger partial charge in [-0.2, -0.15) is 0 Å². The summed E-state index contributed by atoms with van der Waals surface area (Å²) in [6.45, 7) is 5.20. The average molecular weight is 369 g/mol. The number of benzene rings is 2. The summed E-state index contributed by atoms with van der Waals surface area (Å²) in [5.41, 5.74) is 3.16. The van der Waals surface area contributed by atoms with Crippen molar-refractivity contribution in [2.75, 3.05) is 37.4 Å². The minimum Gasteiger partial charge on any atom is -0.383 e. The van der Waals surface area contributed by atoms with Crippen molar-refractivity contribution in [3.8, 4) is 0 Å². The Morgan fingerprint density at radius 3 is 2.59 bits per heavy atom. The fourth-order valence-corrected chi connectivity index (χ4v) is 2.63. The number of hydrogen-bond acceptors (Lipinski definition) is 4. The summed E-state index contributed by atoms with van der Waals surface area (Å²) in [6, 6.07) is 14.8. The van der Waals surface area contributed by atoms with Crippen LogP contribution in [0.5, 0.6) is 0 Å². The van der Waals surface area contributed by atoms with Crippen LogP contribution in [-0.4, -0.2) is 38.6 Å². The number of ether oxygens (including phenoxy) is 1. The van der Waals surface area contributed by atoms with Gasteiger partial charge in [0.2, 0.25) is 5.91 Å². The quantitative estimate of drug-likeness (QED) is 0.593. The first-order chi connectivity index (χ1) is 13.0. The molecule has 144 valence electrons. The van der Waals surface area contributed by atoms with Crippen molar-refractivity contribution in [2.24, 2.45) is 0 Å². The van der Waals surface area contributed by atoms with Gasteiger partial charge in [-0.05, 0) is 35.7 Å². The van der Waals surface area contributed by atoms with Crippen LogP contribution < -0.4 is 16.0 Å². The van der Waals surface area contributed by atoms with E-state index in [9.17, 15) is 9.59 Å². The Morgan fingerprint density at radius 2 is 1.85 bits per heavy atom. The van der Waals surface area contributed by atoms with Gasteiger partial charge in [0.05, 0.1) is 13.2 Å². The van der Waals surface area contributed by atoms with Crippen LogP contribution in [0, 0.1) is 0 Å². The van der Waals surface area contributed by atoms with Crippen LogP contribution in [0.1, 0.15) is 35.7 Å². The number of amides is 2. The lowest BCUT2D eigenvalue weighted by atomic mass is 10.0. The van der Waals surface area contributed by atoms with E-state index in [4.69, 9.17) is 4.74 Å². The molecule has 6 nitrogen and oxygen atoms in total. The molecular formula is C21H27N3O3. The predicted octanol–water partition coefficient (Wildman–Crippen LogP) is 3.24.